The molecule has 1 aromatic rings. The third-order valence-corrected chi connectivity index (χ3v) is 6.61. The molecule has 0 amide bonds. The molecule has 0 atom stereocenters. The van der Waals surface area contributed by atoms with Crippen molar-refractivity contribution in [2.24, 2.45) is 0 Å². The van der Waals surface area contributed by atoms with Crippen molar-refractivity contribution >= 4 is 10.0 Å². The summed E-state index contributed by atoms with van der Waals surface area (Å²) >= 11 is 0. The van der Waals surface area contributed by atoms with Gasteiger partial charge in [-0.1, -0.05) is 37.5 Å². The van der Waals surface area contributed by atoms with Gasteiger partial charge in [-0.2, -0.15) is 4.31 Å². The molecular formula is C15H22N2O2S. The van der Waals surface area contributed by atoms with Gasteiger partial charge in [-0.05, 0) is 25.0 Å². The standard InChI is InChI=1S/C15H22N2O2S/c18-20(19,14-7-3-1-4-8-14)17-12-11-16-13-15(17)9-5-2-6-10-15/h1,3-4,7-8,16H,2,5-6,9-13H2. The number of hydrogen-bond acceptors (Lipinski definition) is 3. The highest BCUT2D eigenvalue weighted by Gasteiger charge is 2.45. The molecule has 1 aromatic carbocycles. The second-order valence-electron chi connectivity index (χ2n) is 5.85. The van der Waals surface area contributed by atoms with Crippen LogP contribution in [0.15, 0.2) is 35.2 Å². The van der Waals surface area contributed by atoms with Crippen molar-refractivity contribution in [3.63, 3.8) is 0 Å². The second-order valence-corrected chi connectivity index (χ2v) is 7.71. The Morgan fingerprint density at radius 2 is 1.75 bits per heavy atom. The average Bonchev–Trinajstić information content (AvgIpc) is 2.49. The van der Waals surface area contributed by atoms with E-state index >= 15 is 0 Å². The molecule has 0 unspecified atom stereocenters. The fraction of sp³-hybridized carbons (Fsp3) is 0.600. The van der Waals surface area contributed by atoms with Crippen molar-refractivity contribution in [2.75, 3.05) is 19.6 Å². The van der Waals surface area contributed by atoms with E-state index in [0.717, 1.165) is 38.8 Å². The monoisotopic (exact) mass is 294 g/mol. The number of nitrogens with one attached hydrogen (secondary N) is 1. The molecule has 1 spiro atoms. The number of benzene rings is 1. The zero-order valence-corrected chi connectivity index (χ0v) is 12.5. The predicted molar refractivity (Wildman–Crippen MR) is 79.0 cm³/mol. The highest BCUT2D eigenvalue weighted by atomic mass is 32.2. The van der Waals surface area contributed by atoms with Crippen LogP contribution in [0, 0.1) is 0 Å². The van der Waals surface area contributed by atoms with Gasteiger partial charge in [0.25, 0.3) is 0 Å². The third kappa shape index (κ3) is 2.38. The normalized spacial score (nSPS) is 23.8. The van der Waals surface area contributed by atoms with Gasteiger partial charge in [0, 0.05) is 25.2 Å². The largest absolute Gasteiger partial charge is 0.314 e. The number of hydrogen-bond donors (Lipinski definition) is 1. The minimum atomic E-state index is -3.38. The van der Waals surface area contributed by atoms with Crippen LogP contribution >= 0.6 is 0 Å². The summed E-state index contributed by atoms with van der Waals surface area (Å²) in [5.74, 6) is 0. The molecule has 0 bridgehead atoms. The van der Waals surface area contributed by atoms with E-state index < -0.39 is 10.0 Å². The van der Waals surface area contributed by atoms with Crippen molar-refractivity contribution in [1.82, 2.24) is 9.62 Å². The van der Waals surface area contributed by atoms with Gasteiger partial charge >= 0.3 is 0 Å². The molecular weight excluding hydrogens is 272 g/mol. The number of sulfonamides is 1. The quantitative estimate of drug-likeness (QED) is 0.907. The van der Waals surface area contributed by atoms with Gasteiger partial charge in [-0.25, -0.2) is 8.42 Å². The molecule has 1 aliphatic carbocycles. The fourth-order valence-electron chi connectivity index (χ4n) is 3.56. The van der Waals surface area contributed by atoms with E-state index in [1.165, 1.54) is 6.42 Å². The van der Waals surface area contributed by atoms with Gasteiger partial charge < -0.3 is 5.32 Å². The zero-order chi connectivity index (χ0) is 14.1. The molecule has 1 aliphatic heterocycles. The molecule has 1 heterocycles. The molecule has 2 fully saturated rings. The van der Waals surface area contributed by atoms with Crippen LogP contribution in [-0.2, 0) is 10.0 Å². The lowest BCUT2D eigenvalue weighted by Crippen LogP contribution is -2.63. The summed E-state index contributed by atoms with van der Waals surface area (Å²) in [4.78, 5) is 0.423. The summed E-state index contributed by atoms with van der Waals surface area (Å²) in [6.07, 6.45) is 5.43. The van der Waals surface area contributed by atoms with Crippen molar-refractivity contribution in [3.05, 3.63) is 30.3 Å². The summed E-state index contributed by atoms with van der Waals surface area (Å²) in [6.45, 7) is 2.12. The van der Waals surface area contributed by atoms with Gasteiger partial charge in [0.1, 0.15) is 0 Å². The molecule has 0 radical (unpaired) electrons. The first-order valence-electron chi connectivity index (χ1n) is 7.44. The van der Waals surface area contributed by atoms with Crippen LogP contribution in [-0.4, -0.2) is 37.9 Å². The van der Waals surface area contributed by atoms with Gasteiger partial charge in [0.15, 0.2) is 0 Å². The molecule has 3 rings (SSSR count). The van der Waals surface area contributed by atoms with Gasteiger partial charge in [0.05, 0.1) is 4.90 Å². The van der Waals surface area contributed by atoms with E-state index in [9.17, 15) is 8.42 Å². The Labute approximate surface area is 121 Å². The van der Waals surface area contributed by atoms with Crippen molar-refractivity contribution in [2.45, 2.75) is 42.5 Å². The topological polar surface area (TPSA) is 49.4 Å². The molecule has 0 aromatic heterocycles. The lowest BCUT2D eigenvalue weighted by Gasteiger charge is -2.48. The molecule has 1 saturated carbocycles. The lowest BCUT2D eigenvalue weighted by atomic mass is 9.80. The van der Waals surface area contributed by atoms with E-state index in [0.29, 0.717) is 11.4 Å². The Morgan fingerprint density at radius 1 is 1.05 bits per heavy atom. The minimum Gasteiger partial charge on any atom is -0.314 e. The fourth-order valence-corrected chi connectivity index (χ4v) is 5.40. The Bertz CT molecular complexity index is 542. The Kier molecular flexibility index (Phi) is 3.84. The summed E-state index contributed by atoms with van der Waals surface area (Å²) < 4.78 is 27.7. The average molecular weight is 294 g/mol. The van der Waals surface area contributed by atoms with Crippen LogP contribution in [0.2, 0.25) is 0 Å². The minimum absolute atomic E-state index is 0.203. The van der Waals surface area contributed by atoms with Crippen LogP contribution in [0.25, 0.3) is 0 Å². The Balaban J connectivity index is 1.97. The first-order valence-corrected chi connectivity index (χ1v) is 8.88. The van der Waals surface area contributed by atoms with Crippen molar-refractivity contribution < 1.29 is 8.42 Å². The zero-order valence-electron chi connectivity index (χ0n) is 11.7. The summed E-state index contributed by atoms with van der Waals surface area (Å²) in [5, 5.41) is 3.39. The van der Waals surface area contributed by atoms with Crippen LogP contribution in [0.3, 0.4) is 0 Å². The summed E-state index contributed by atoms with van der Waals surface area (Å²) in [5.41, 5.74) is -0.203. The first-order chi connectivity index (χ1) is 9.65. The van der Waals surface area contributed by atoms with Gasteiger partial charge in [-0.15, -0.1) is 0 Å². The van der Waals surface area contributed by atoms with Crippen molar-refractivity contribution in [3.8, 4) is 0 Å². The van der Waals surface area contributed by atoms with Gasteiger partial charge in [0.2, 0.25) is 10.0 Å². The van der Waals surface area contributed by atoms with E-state index in [2.05, 4.69) is 5.32 Å². The SMILES string of the molecule is O=S(=O)(c1ccccc1)N1CCNCC12CCCCC2. The molecule has 1 saturated heterocycles. The highest BCUT2D eigenvalue weighted by Crippen LogP contribution is 2.37. The molecule has 4 nitrogen and oxygen atoms in total. The van der Waals surface area contributed by atoms with Crippen LogP contribution in [0.4, 0.5) is 0 Å². The maximum Gasteiger partial charge on any atom is 0.243 e. The first kappa shape index (κ1) is 14.0. The number of nitrogens with zero attached hydrogens (tertiary/aromatic N) is 1. The predicted octanol–water partition coefficient (Wildman–Crippen LogP) is 1.98. The van der Waals surface area contributed by atoms with Crippen LogP contribution < -0.4 is 5.32 Å². The second kappa shape index (κ2) is 5.47. The molecule has 2 aliphatic rings. The van der Waals surface area contributed by atoms with E-state index in [-0.39, 0.29) is 5.54 Å². The maximum atomic E-state index is 13.0. The third-order valence-electron chi connectivity index (χ3n) is 4.59. The van der Waals surface area contributed by atoms with E-state index in [1.807, 2.05) is 6.07 Å². The van der Waals surface area contributed by atoms with Gasteiger partial charge in [-0.3, -0.25) is 0 Å². The lowest BCUT2D eigenvalue weighted by molar-refractivity contribution is 0.101. The molecule has 110 valence electrons. The maximum absolute atomic E-state index is 13.0. The van der Waals surface area contributed by atoms with Crippen molar-refractivity contribution in [1.29, 1.82) is 0 Å². The van der Waals surface area contributed by atoms with E-state index in [1.54, 1.807) is 28.6 Å². The summed E-state index contributed by atoms with van der Waals surface area (Å²) in [7, 11) is -3.38. The molecule has 5 heteroatoms. The van der Waals surface area contributed by atoms with Crippen LogP contribution in [0.1, 0.15) is 32.1 Å². The van der Waals surface area contributed by atoms with E-state index in [4.69, 9.17) is 0 Å². The molecule has 20 heavy (non-hydrogen) atoms. The Morgan fingerprint density at radius 3 is 2.45 bits per heavy atom. The smallest absolute Gasteiger partial charge is 0.243 e. The molecule has 1 N–H and O–H groups in total. The number of piperazine rings is 1. The van der Waals surface area contributed by atoms with Crippen LogP contribution in [0.5, 0.6) is 0 Å². The number of rotatable bonds is 2. The Hall–Kier alpha value is -0.910. The highest BCUT2D eigenvalue weighted by molar-refractivity contribution is 7.89. The summed E-state index contributed by atoms with van der Waals surface area (Å²) in [6, 6.07) is 8.85.